The first-order valence-electron chi connectivity index (χ1n) is 7.75. The number of aliphatic carboxylic acids is 1. The van der Waals surface area contributed by atoms with Crippen LogP contribution in [0.1, 0.15) is 58.8 Å². The van der Waals surface area contributed by atoms with E-state index in [4.69, 9.17) is 0 Å². The minimum absolute atomic E-state index is 0.0845. The van der Waals surface area contributed by atoms with Gasteiger partial charge >= 0.3 is 12.0 Å². The van der Waals surface area contributed by atoms with Gasteiger partial charge in [-0.15, -0.1) is 0 Å². The Morgan fingerprint density at radius 3 is 2.65 bits per heavy atom. The molecule has 20 heavy (non-hydrogen) atoms. The van der Waals surface area contributed by atoms with Crippen molar-refractivity contribution in [3.63, 3.8) is 0 Å². The number of carboxylic acids is 1. The Hall–Kier alpha value is -1.26. The van der Waals surface area contributed by atoms with Crippen molar-refractivity contribution in [2.75, 3.05) is 6.54 Å². The average Bonchev–Trinajstić information content (AvgIpc) is 2.63. The summed E-state index contributed by atoms with van der Waals surface area (Å²) in [5, 5.41) is 12.4. The molecule has 0 radical (unpaired) electrons. The molecule has 2 fully saturated rings. The van der Waals surface area contributed by atoms with Crippen molar-refractivity contribution < 1.29 is 14.7 Å². The number of urea groups is 1. The second-order valence-corrected chi connectivity index (χ2v) is 6.51. The molecular formula is C15H26N2O3. The van der Waals surface area contributed by atoms with E-state index in [2.05, 4.69) is 12.2 Å². The lowest BCUT2D eigenvalue weighted by molar-refractivity contribution is -0.148. The summed E-state index contributed by atoms with van der Waals surface area (Å²) in [6.45, 7) is 4.61. The Kier molecular flexibility index (Phi) is 4.55. The Bertz CT molecular complexity index is 385. The van der Waals surface area contributed by atoms with Crippen molar-refractivity contribution in [1.29, 1.82) is 0 Å². The maximum atomic E-state index is 12.4. The summed E-state index contributed by atoms with van der Waals surface area (Å²) in [6, 6.07) is -0.0864. The van der Waals surface area contributed by atoms with Crippen LogP contribution in [0, 0.1) is 5.41 Å². The number of carbonyl (C=O) groups is 2. The van der Waals surface area contributed by atoms with Crippen molar-refractivity contribution in [3.05, 3.63) is 0 Å². The zero-order valence-electron chi connectivity index (χ0n) is 12.5. The van der Waals surface area contributed by atoms with E-state index in [0.717, 1.165) is 32.2 Å². The molecular weight excluding hydrogens is 256 g/mol. The van der Waals surface area contributed by atoms with E-state index >= 15 is 0 Å². The van der Waals surface area contributed by atoms with Gasteiger partial charge in [0.1, 0.15) is 0 Å². The Morgan fingerprint density at radius 2 is 1.95 bits per heavy atom. The third-order valence-corrected chi connectivity index (χ3v) is 5.06. The van der Waals surface area contributed by atoms with E-state index in [9.17, 15) is 14.7 Å². The highest BCUT2D eigenvalue weighted by Gasteiger charge is 2.46. The zero-order valence-corrected chi connectivity index (χ0v) is 12.5. The van der Waals surface area contributed by atoms with Gasteiger partial charge in [0.2, 0.25) is 0 Å². The van der Waals surface area contributed by atoms with Crippen LogP contribution in [0.2, 0.25) is 0 Å². The SMILES string of the molecule is CC1CCCCCN1C(=O)NC1CCCC1(C)C(=O)O. The van der Waals surface area contributed by atoms with Gasteiger partial charge in [-0.25, -0.2) is 4.79 Å². The molecule has 3 atom stereocenters. The fraction of sp³-hybridized carbons (Fsp3) is 0.867. The second kappa shape index (κ2) is 6.02. The van der Waals surface area contributed by atoms with Gasteiger partial charge in [0.25, 0.3) is 0 Å². The third kappa shape index (κ3) is 2.91. The first-order chi connectivity index (χ1) is 9.45. The number of likely N-dealkylation sites (tertiary alicyclic amines) is 1. The molecule has 0 aromatic rings. The molecule has 1 aliphatic carbocycles. The maximum absolute atomic E-state index is 12.4. The molecule has 5 heteroatoms. The number of amides is 2. The molecule has 2 rings (SSSR count). The fourth-order valence-corrected chi connectivity index (χ4v) is 3.46. The normalized spacial score (nSPS) is 34.6. The third-order valence-electron chi connectivity index (χ3n) is 5.06. The number of nitrogens with zero attached hydrogens (tertiary/aromatic N) is 1. The number of carbonyl (C=O) groups excluding carboxylic acids is 1. The van der Waals surface area contributed by atoms with Crippen molar-refractivity contribution in [1.82, 2.24) is 10.2 Å². The molecule has 1 aliphatic heterocycles. The van der Waals surface area contributed by atoms with Crippen LogP contribution in [-0.2, 0) is 4.79 Å². The average molecular weight is 282 g/mol. The smallest absolute Gasteiger partial charge is 0.317 e. The highest BCUT2D eigenvalue weighted by atomic mass is 16.4. The van der Waals surface area contributed by atoms with Gasteiger partial charge in [-0.1, -0.05) is 19.3 Å². The van der Waals surface area contributed by atoms with E-state index in [1.54, 1.807) is 6.92 Å². The highest BCUT2D eigenvalue weighted by Crippen LogP contribution is 2.38. The van der Waals surface area contributed by atoms with Crippen molar-refractivity contribution in [2.45, 2.75) is 70.9 Å². The standard InChI is InChI=1S/C15H26N2O3/c1-11-7-4-3-5-10-17(11)14(20)16-12-8-6-9-15(12,2)13(18)19/h11-12H,3-10H2,1-2H3,(H,16,20)(H,18,19). The van der Waals surface area contributed by atoms with Crippen molar-refractivity contribution in [2.24, 2.45) is 5.41 Å². The van der Waals surface area contributed by atoms with E-state index in [0.29, 0.717) is 6.42 Å². The van der Waals surface area contributed by atoms with Gasteiger partial charge in [0.05, 0.1) is 5.41 Å². The summed E-state index contributed by atoms with van der Waals surface area (Å²) in [5.74, 6) is -0.802. The van der Waals surface area contributed by atoms with Crippen molar-refractivity contribution in [3.8, 4) is 0 Å². The molecule has 1 heterocycles. The van der Waals surface area contributed by atoms with Gasteiger partial charge in [-0.3, -0.25) is 4.79 Å². The molecule has 5 nitrogen and oxygen atoms in total. The van der Waals surface area contributed by atoms with Crippen LogP contribution in [0.15, 0.2) is 0 Å². The molecule has 2 N–H and O–H groups in total. The van der Waals surface area contributed by atoms with E-state index in [1.807, 2.05) is 4.90 Å². The van der Waals surface area contributed by atoms with Crippen LogP contribution in [-0.4, -0.2) is 40.6 Å². The van der Waals surface area contributed by atoms with E-state index < -0.39 is 11.4 Å². The van der Waals surface area contributed by atoms with E-state index in [1.165, 1.54) is 12.8 Å². The topological polar surface area (TPSA) is 69.6 Å². The number of nitrogens with one attached hydrogen (secondary N) is 1. The Morgan fingerprint density at radius 1 is 1.20 bits per heavy atom. The van der Waals surface area contributed by atoms with Gasteiger partial charge in [-0.2, -0.15) is 0 Å². The molecule has 2 aliphatic rings. The summed E-state index contributed by atoms with van der Waals surface area (Å²) in [4.78, 5) is 25.8. The molecule has 114 valence electrons. The molecule has 0 bridgehead atoms. The molecule has 1 saturated carbocycles. The van der Waals surface area contributed by atoms with Crippen molar-refractivity contribution >= 4 is 12.0 Å². The molecule has 0 spiro atoms. The Balaban J connectivity index is 2.01. The van der Waals surface area contributed by atoms with Crippen LogP contribution < -0.4 is 5.32 Å². The van der Waals surface area contributed by atoms with Crippen LogP contribution in [0.5, 0.6) is 0 Å². The molecule has 2 amide bonds. The van der Waals surface area contributed by atoms with Crippen LogP contribution in [0.4, 0.5) is 4.79 Å². The largest absolute Gasteiger partial charge is 0.481 e. The number of hydrogen-bond donors (Lipinski definition) is 2. The molecule has 3 unspecified atom stereocenters. The summed E-state index contributed by atoms with van der Waals surface area (Å²) >= 11 is 0. The molecule has 1 saturated heterocycles. The van der Waals surface area contributed by atoms with Gasteiger partial charge in [0.15, 0.2) is 0 Å². The fourth-order valence-electron chi connectivity index (χ4n) is 3.46. The predicted molar refractivity (Wildman–Crippen MR) is 76.5 cm³/mol. The first kappa shape index (κ1) is 15.1. The minimum Gasteiger partial charge on any atom is -0.481 e. The van der Waals surface area contributed by atoms with Gasteiger partial charge in [-0.05, 0) is 39.5 Å². The lowest BCUT2D eigenvalue weighted by atomic mass is 9.85. The second-order valence-electron chi connectivity index (χ2n) is 6.51. The number of carboxylic acid groups (broad SMARTS) is 1. The monoisotopic (exact) mass is 282 g/mol. The van der Waals surface area contributed by atoms with Crippen LogP contribution in [0.25, 0.3) is 0 Å². The van der Waals surface area contributed by atoms with E-state index in [-0.39, 0.29) is 18.1 Å². The molecule has 0 aromatic carbocycles. The Labute approximate surface area is 120 Å². The summed E-state index contributed by atoms with van der Waals surface area (Å²) in [6.07, 6.45) is 6.68. The lowest BCUT2D eigenvalue weighted by Gasteiger charge is -2.33. The lowest BCUT2D eigenvalue weighted by Crippen LogP contribution is -2.53. The van der Waals surface area contributed by atoms with Gasteiger partial charge < -0.3 is 15.3 Å². The highest BCUT2D eigenvalue weighted by molar-refractivity contribution is 5.79. The quantitative estimate of drug-likeness (QED) is 0.818. The predicted octanol–water partition coefficient (Wildman–Crippen LogP) is 2.60. The number of hydrogen-bond acceptors (Lipinski definition) is 2. The first-order valence-corrected chi connectivity index (χ1v) is 7.75. The number of rotatable bonds is 2. The summed E-state index contributed by atoms with van der Waals surface area (Å²) in [5.41, 5.74) is -0.815. The van der Waals surface area contributed by atoms with Gasteiger partial charge in [0, 0.05) is 18.6 Å². The maximum Gasteiger partial charge on any atom is 0.317 e. The zero-order chi connectivity index (χ0) is 14.8. The minimum atomic E-state index is -0.815. The van der Waals surface area contributed by atoms with Crippen LogP contribution in [0.3, 0.4) is 0 Å². The van der Waals surface area contributed by atoms with Crippen LogP contribution >= 0.6 is 0 Å². The summed E-state index contributed by atoms with van der Waals surface area (Å²) in [7, 11) is 0. The molecule has 0 aromatic heterocycles. The summed E-state index contributed by atoms with van der Waals surface area (Å²) < 4.78 is 0.